The van der Waals surface area contributed by atoms with Gasteiger partial charge in [-0.1, -0.05) is 20.8 Å². The summed E-state index contributed by atoms with van der Waals surface area (Å²) in [5.41, 5.74) is -0.193. The van der Waals surface area contributed by atoms with Crippen molar-refractivity contribution in [3.8, 4) is 0 Å². The number of hydrogen-bond acceptors (Lipinski definition) is 2. The Morgan fingerprint density at radius 3 is 2.75 bits per heavy atom. The molecule has 3 heteroatoms. The first-order valence-corrected chi connectivity index (χ1v) is 6.45. The van der Waals surface area contributed by atoms with Crippen molar-refractivity contribution in [2.24, 2.45) is 11.3 Å². The molecule has 0 aliphatic carbocycles. The number of rotatable bonds is 4. The van der Waals surface area contributed by atoms with Crippen molar-refractivity contribution >= 4 is 5.91 Å². The molecule has 0 saturated carbocycles. The van der Waals surface area contributed by atoms with Crippen molar-refractivity contribution in [2.45, 2.75) is 40.0 Å². The molecule has 0 aromatic heterocycles. The second kappa shape index (κ2) is 5.67. The summed E-state index contributed by atoms with van der Waals surface area (Å²) < 4.78 is 0. The molecule has 1 saturated heterocycles. The van der Waals surface area contributed by atoms with Crippen molar-refractivity contribution < 1.29 is 4.79 Å². The third-order valence-electron chi connectivity index (χ3n) is 3.76. The van der Waals surface area contributed by atoms with E-state index < -0.39 is 0 Å². The smallest absolute Gasteiger partial charge is 0.228 e. The minimum atomic E-state index is -0.193. The summed E-state index contributed by atoms with van der Waals surface area (Å²) in [5, 5.41) is 3.21. The monoisotopic (exact) mass is 226 g/mol. The maximum Gasteiger partial charge on any atom is 0.228 e. The average Bonchev–Trinajstić information content (AvgIpc) is 2.29. The number of likely N-dealkylation sites (tertiary alicyclic amines) is 1. The van der Waals surface area contributed by atoms with Gasteiger partial charge in [0.05, 0.1) is 0 Å². The standard InChI is InChI=1S/C13H26N2O/c1-5-13(2,3)12(16)15-8-6-7-11(10-15)9-14-4/h11,14H,5-10H2,1-4H3. The fraction of sp³-hybridized carbons (Fsp3) is 0.923. The van der Waals surface area contributed by atoms with Crippen LogP contribution in [0.25, 0.3) is 0 Å². The van der Waals surface area contributed by atoms with E-state index in [1.165, 1.54) is 6.42 Å². The fourth-order valence-electron chi connectivity index (χ4n) is 2.28. The third-order valence-corrected chi connectivity index (χ3v) is 3.76. The highest BCUT2D eigenvalue weighted by molar-refractivity contribution is 5.82. The van der Waals surface area contributed by atoms with E-state index in [2.05, 4.69) is 31.0 Å². The van der Waals surface area contributed by atoms with E-state index in [9.17, 15) is 4.79 Å². The summed E-state index contributed by atoms with van der Waals surface area (Å²) in [4.78, 5) is 14.4. The number of piperidine rings is 1. The minimum Gasteiger partial charge on any atom is -0.342 e. The van der Waals surface area contributed by atoms with Crippen LogP contribution in [-0.4, -0.2) is 37.5 Å². The Morgan fingerprint density at radius 2 is 2.19 bits per heavy atom. The van der Waals surface area contributed by atoms with Gasteiger partial charge in [0.25, 0.3) is 0 Å². The Balaban J connectivity index is 2.56. The highest BCUT2D eigenvalue weighted by Gasteiger charge is 2.32. The van der Waals surface area contributed by atoms with Crippen LogP contribution in [0.2, 0.25) is 0 Å². The predicted octanol–water partition coefficient (Wildman–Crippen LogP) is 1.88. The molecular formula is C13H26N2O. The molecule has 1 aliphatic rings. The molecule has 1 amide bonds. The number of nitrogens with zero attached hydrogens (tertiary/aromatic N) is 1. The number of amides is 1. The minimum absolute atomic E-state index is 0.193. The summed E-state index contributed by atoms with van der Waals surface area (Å²) in [7, 11) is 1.98. The molecule has 1 N–H and O–H groups in total. The summed E-state index contributed by atoms with van der Waals surface area (Å²) in [6.07, 6.45) is 3.31. The average molecular weight is 226 g/mol. The van der Waals surface area contributed by atoms with Gasteiger partial charge in [-0.2, -0.15) is 0 Å². The second-order valence-electron chi connectivity index (χ2n) is 5.55. The number of hydrogen-bond donors (Lipinski definition) is 1. The Bertz CT molecular complexity index is 236. The first kappa shape index (κ1) is 13.5. The lowest BCUT2D eigenvalue weighted by Gasteiger charge is -2.37. The first-order valence-electron chi connectivity index (χ1n) is 6.45. The van der Waals surface area contributed by atoms with Crippen LogP contribution in [0.1, 0.15) is 40.0 Å². The van der Waals surface area contributed by atoms with Crippen LogP contribution < -0.4 is 5.32 Å². The lowest BCUT2D eigenvalue weighted by molar-refractivity contribution is -0.142. The van der Waals surface area contributed by atoms with Gasteiger partial charge < -0.3 is 10.2 Å². The van der Waals surface area contributed by atoms with E-state index >= 15 is 0 Å². The quantitative estimate of drug-likeness (QED) is 0.794. The normalized spacial score (nSPS) is 22.2. The lowest BCUT2D eigenvalue weighted by atomic mass is 9.87. The van der Waals surface area contributed by atoms with Gasteiger partial charge in [-0.05, 0) is 38.8 Å². The molecule has 0 aromatic carbocycles. The van der Waals surface area contributed by atoms with Gasteiger partial charge >= 0.3 is 0 Å². The molecule has 1 atom stereocenters. The van der Waals surface area contributed by atoms with Gasteiger partial charge in [-0.15, -0.1) is 0 Å². The molecule has 0 radical (unpaired) electrons. The van der Waals surface area contributed by atoms with E-state index in [0.29, 0.717) is 11.8 Å². The Kier molecular flexibility index (Phi) is 4.78. The molecule has 0 bridgehead atoms. The van der Waals surface area contributed by atoms with Gasteiger partial charge in [0.2, 0.25) is 5.91 Å². The molecule has 1 heterocycles. The Hall–Kier alpha value is -0.570. The summed E-state index contributed by atoms with van der Waals surface area (Å²) in [6, 6.07) is 0. The van der Waals surface area contributed by atoms with E-state index in [0.717, 1.165) is 32.5 Å². The van der Waals surface area contributed by atoms with Crippen molar-refractivity contribution in [1.82, 2.24) is 10.2 Å². The number of carbonyl (C=O) groups excluding carboxylic acids is 1. The molecule has 3 nitrogen and oxygen atoms in total. The molecule has 1 aliphatic heterocycles. The maximum absolute atomic E-state index is 12.3. The lowest BCUT2D eigenvalue weighted by Crippen LogP contribution is -2.47. The molecule has 1 unspecified atom stereocenters. The van der Waals surface area contributed by atoms with Crippen LogP contribution in [0.15, 0.2) is 0 Å². The van der Waals surface area contributed by atoms with E-state index in [1.54, 1.807) is 0 Å². The van der Waals surface area contributed by atoms with E-state index in [1.807, 2.05) is 7.05 Å². The van der Waals surface area contributed by atoms with E-state index in [4.69, 9.17) is 0 Å². The zero-order valence-electron chi connectivity index (χ0n) is 11.2. The predicted molar refractivity (Wildman–Crippen MR) is 67.3 cm³/mol. The summed E-state index contributed by atoms with van der Waals surface area (Å²) >= 11 is 0. The van der Waals surface area contributed by atoms with Gasteiger partial charge in [-0.3, -0.25) is 4.79 Å². The zero-order valence-corrected chi connectivity index (χ0v) is 11.2. The SMILES string of the molecule is CCC(C)(C)C(=O)N1CCCC(CNC)C1. The highest BCUT2D eigenvalue weighted by Crippen LogP contribution is 2.26. The number of carbonyl (C=O) groups is 1. The summed E-state index contributed by atoms with van der Waals surface area (Å²) in [5.74, 6) is 0.964. The second-order valence-corrected chi connectivity index (χ2v) is 5.55. The van der Waals surface area contributed by atoms with E-state index in [-0.39, 0.29) is 5.41 Å². The molecule has 1 rings (SSSR count). The molecular weight excluding hydrogens is 200 g/mol. The van der Waals surface area contributed by atoms with Gasteiger partial charge in [0.15, 0.2) is 0 Å². The molecule has 94 valence electrons. The first-order chi connectivity index (χ1) is 7.51. The van der Waals surface area contributed by atoms with Crippen LogP contribution in [0.4, 0.5) is 0 Å². The summed E-state index contributed by atoms with van der Waals surface area (Å²) in [6.45, 7) is 9.10. The van der Waals surface area contributed by atoms with Gasteiger partial charge in [0, 0.05) is 18.5 Å². The van der Waals surface area contributed by atoms with Crippen molar-refractivity contribution in [1.29, 1.82) is 0 Å². The topological polar surface area (TPSA) is 32.3 Å². The van der Waals surface area contributed by atoms with Crippen molar-refractivity contribution in [2.75, 3.05) is 26.7 Å². The van der Waals surface area contributed by atoms with Crippen molar-refractivity contribution in [3.63, 3.8) is 0 Å². The van der Waals surface area contributed by atoms with Crippen LogP contribution in [0.5, 0.6) is 0 Å². The van der Waals surface area contributed by atoms with Crippen LogP contribution in [-0.2, 0) is 4.79 Å². The number of nitrogens with one attached hydrogen (secondary N) is 1. The van der Waals surface area contributed by atoms with Crippen LogP contribution in [0, 0.1) is 11.3 Å². The highest BCUT2D eigenvalue weighted by atomic mass is 16.2. The van der Waals surface area contributed by atoms with Gasteiger partial charge in [-0.25, -0.2) is 0 Å². The Labute approximate surface area is 99.6 Å². The molecule has 16 heavy (non-hydrogen) atoms. The Morgan fingerprint density at radius 1 is 1.50 bits per heavy atom. The molecule has 0 spiro atoms. The largest absolute Gasteiger partial charge is 0.342 e. The van der Waals surface area contributed by atoms with Gasteiger partial charge in [0.1, 0.15) is 0 Å². The maximum atomic E-state index is 12.3. The molecule has 1 fully saturated rings. The molecule has 0 aromatic rings. The van der Waals surface area contributed by atoms with Crippen LogP contribution >= 0.6 is 0 Å². The fourth-order valence-corrected chi connectivity index (χ4v) is 2.28. The van der Waals surface area contributed by atoms with Crippen LogP contribution in [0.3, 0.4) is 0 Å². The zero-order chi connectivity index (χ0) is 12.2. The third kappa shape index (κ3) is 3.21. The van der Waals surface area contributed by atoms with Crippen molar-refractivity contribution in [3.05, 3.63) is 0 Å².